The number of carbonyl (C=O) groups excluding carboxylic acids is 1. The maximum absolute atomic E-state index is 12.0. The summed E-state index contributed by atoms with van der Waals surface area (Å²) in [6.45, 7) is 1.92. The number of anilines is 2. The number of rotatable bonds is 2. The molecule has 0 aromatic heterocycles. The third kappa shape index (κ3) is 1.95. The Morgan fingerprint density at radius 2 is 2.24 bits per heavy atom. The van der Waals surface area contributed by atoms with Crippen molar-refractivity contribution in [2.75, 3.05) is 17.3 Å². The number of amides is 1. The van der Waals surface area contributed by atoms with Gasteiger partial charge in [-0.2, -0.15) is 0 Å². The predicted octanol–water partition coefficient (Wildman–Crippen LogP) is 1.23. The number of hydrogen-bond acceptors (Lipinski definition) is 3. The van der Waals surface area contributed by atoms with Crippen molar-refractivity contribution >= 4 is 23.3 Å². The Hall–Kier alpha value is -2.04. The van der Waals surface area contributed by atoms with E-state index in [-0.39, 0.29) is 12.3 Å². The van der Waals surface area contributed by atoms with E-state index in [2.05, 4.69) is 5.32 Å². The number of para-hydroxylation sites is 1. The summed E-state index contributed by atoms with van der Waals surface area (Å²) in [6.07, 6.45) is -0.212. The van der Waals surface area contributed by atoms with Gasteiger partial charge in [0.05, 0.1) is 17.8 Å². The first kappa shape index (κ1) is 11.4. The van der Waals surface area contributed by atoms with Gasteiger partial charge in [0.2, 0.25) is 5.91 Å². The first-order valence-electron chi connectivity index (χ1n) is 5.36. The van der Waals surface area contributed by atoms with Crippen molar-refractivity contribution in [3.8, 4) is 0 Å². The number of carbonyl (C=O) groups is 2. The zero-order valence-corrected chi connectivity index (χ0v) is 9.73. The molecule has 1 unspecified atom stereocenters. The Balaban J connectivity index is 2.39. The summed E-state index contributed by atoms with van der Waals surface area (Å²) in [5.41, 5.74) is 2.61. The van der Waals surface area contributed by atoms with Gasteiger partial charge in [0.1, 0.15) is 6.04 Å². The molecule has 2 rings (SSSR count). The van der Waals surface area contributed by atoms with Crippen molar-refractivity contribution in [2.45, 2.75) is 19.4 Å². The van der Waals surface area contributed by atoms with Gasteiger partial charge in [0, 0.05) is 7.05 Å². The van der Waals surface area contributed by atoms with Gasteiger partial charge in [-0.25, -0.2) is 0 Å². The first-order chi connectivity index (χ1) is 8.00. The molecule has 0 saturated carbocycles. The fourth-order valence-electron chi connectivity index (χ4n) is 2.13. The molecular weight excluding hydrogens is 220 g/mol. The Labute approximate surface area is 99.0 Å². The second-order valence-electron chi connectivity index (χ2n) is 4.16. The molecule has 90 valence electrons. The van der Waals surface area contributed by atoms with Crippen LogP contribution in [-0.2, 0) is 9.59 Å². The summed E-state index contributed by atoms with van der Waals surface area (Å²) in [7, 11) is 1.67. The Kier molecular flexibility index (Phi) is 2.75. The SMILES string of the molecule is Cc1cccc2c1N(C)C(=O)C(CC(=O)O)N2. The first-order valence-corrected chi connectivity index (χ1v) is 5.36. The van der Waals surface area contributed by atoms with Gasteiger partial charge in [-0.05, 0) is 18.6 Å². The number of nitrogens with one attached hydrogen (secondary N) is 1. The Morgan fingerprint density at radius 3 is 2.88 bits per heavy atom. The molecule has 5 heteroatoms. The van der Waals surface area contributed by atoms with Gasteiger partial charge >= 0.3 is 5.97 Å². The summed E-state index contributed by atoms with van der Waals surface area (Å²) in [5.74, 6) is -1.20. The lowest BCUT2D eigenvalue weighted by atomic mass is 10.0. The van der Waals surface area contributed by atoms with E-state index in [1.165, 1.54) is 4.90 Å². The molecular formula is C12H14N2O3. The highest BCUT2D eigenvalue weighted by molar-refractivity contribution is 6.06. The van der Waals surface area contributed by atoms with E-state index in [0.29, 0.717) is 0 Å². The second-order valence-corrected chi connectivity index (χ2v) is 4.16. The lowest BCUT2D eigenvalue weighted by Gasteiger charge is -2.33. The lowest BCUT2D eigenvalue weighted by Crippen LogP contribution is -2.46. The van der Waals surface area contributed by atoms with E-state index in [0.717, 1.165) is 16.9 Å². The summed E-state index contributed by atoms with van der Waals surface area (Å²) in [4.78, 5) is 24.2. The lowest BCUT2D eigenvalue weighted by molar-refractivity contribution is -0.138. The normalized spacial score (nSPS) is 18.6. The second kappa shape index (κ2) is 4.08. The van der Waals surface area contributed by atoms with Gasteiger partial charge in [-0.1, -0.05) is 12.1 Å². The van der Waals surface area contributed by atoms with Crippen LogP contribution in [0.15, 0.2) is 18.2 Å². The Bertz CT molecular complexity index is 485. The molecule has 1 aliphatic rings. The van der Waals surface area contributed by atoms with Crippen molar-refractivity contribution in [3.63, 3.8) is 0 Å². The third-order valence-electron chi connectivity index (χ3n) is 2.91. The fraction of sp³-hybridized carbons (Fsp3) is 0.333. The number of carboxylic acid groups (broad SMARTS) is 1. The number of benzene rings is 1. The fourth-order valence-corrected chi connectivity index (χ4v) is 2.13. The highest BCUT2D eigenvalue weighted by atomic mass is 16.4. The van der Waals surface area contributed by atoms with E-state index in [9.17, 15) is 9.59 Å². The van der Waals surface area contributed by atoms with Crippen LogP contribution >= 0.6 is 0 Å². The highest BCUT2D eigenvalue weighted by Crippen LogP contribution is 2.33. The van der Waals surface area contributed by atoms with E-state index in [4.69, 9.17) is 5.11 Å². The molecule has 1 heterocycles. The number of hydrogen-bond donors (Lipinski definition) is 2. The standard InChI is InChI=1S/C12H14N2O3/c1-7-4-3-5-8-11(7)14(2)12(17)9(13-8)6-10(15)16/h3-5,9,13H,6H2,1-2H3,(H,15,16). The average Bonchev–Trinajstić information content (AvgIpc) is 2.24. The Morgan fingerprint density at radius 1 is 1.53 bits per heavy atom. The minimum atomic E-state index is -0.986. The molecule has 17 heavy (non-hydrogen) atoms. The van der Waals surface area contributed by atoms with Crippen LogP contribution in [0.25, 0.3) is 0 Å². The van der Waals surface area contributed by atoms with Crippen LogP contribution in [0.3, 0.4) is 0 Å². The predicted molar refractivity (Wildman–Crippen MR) is 64.3 cm³/mol. The molecule has 1 atom stereocenters. The average molecular weight is 234 g/mol. The number of aliphatic carboxylic acids is 1. The van der Waals surface area contributed by atoms with Gasteiger partial charge in [-0.3, -0.25) is 9.59 Å². The van der Waals surface area contributed by atoms with Crippen molar-refractivity contribution in [3.05, 3.63) is 23.8 Å². The zero-order chi connectivity index (χ0) is 12.6. The van der Waals surface area contributed by atoms with Gasteiger partial charge in [-0.15, -0.1) is 0 Å². The molecule has 1 aromatic rings. The number of likely N-dealkylation sites (N-methyl/N-ethyl adjacent to an activating group) is 1. The monoisotopic (exact) mass is 234 g/mol. The zero-order valence-electron chi connectivity index (χ0n) is 9.73. The van der Waals surface area contributed by atoms with Crippen LogP contribution in [0.5, 0.6) is 0 Å². The van der Waals surface area contributed by atoms with E-state index in [1.807, 2.05) is 25.1 Å². The van der Waals surface area contributed by atoms with Crippen molar-refractivity contribution in [1.29, 1.82) is 0 Å². The third-order valence-corrected chi connectivity index (χ3v) is 2.91. The molecule has 0 radical (unpaired) electrons. The van der Waals surface area contributed by atoms with Crippen LogP contribution in [0.2, 0.25) is 0 Å². The topological polar surface area (TPSA) is 69.6 Å². The molecule has 1 aliphatic heterocycles. The molecule has 0 aliphatic carbocycles. The molecule has 2 N–H and O–H groups in total. The molecule has 0 bridgehead atoms. The summed E-state index contributed by atoms with van der Waals surface area (Å²) in [6, 6.07) is 4.96. The minimum Gasteiger partial charge on any atom is -0.481 e. The molecule has 1 aromatic carbocycles. The summed E-state index contributed by atoms with van der Waals surface area (Å²) < 4.78 is 0. The summed E-state index contributed by atoms with van der Waals surface area (Å²) >= 11 is 0. The van der Waals surface area contributed by atoms with Gasteiger partial charge in [0.15, 0.2) is 0 Å². The highest BCUT2D eigenvalue weighted by Gasteiger charge is 2.32. The van der Waals surface area contributed by atoms with Gasteiger partial charge < -0.3 is 15.3 Å². The van der Waals surface area contributed by atoms with E-state index < -0.39 is 12.0 Å². The van der Waals surface area contributed by atoms with Gasteiger partial charge in [0.25, 0.3) is 0 Å². The number of carboxylic acids is 1. The maximum atomic E-state index is 12.0. The van der Waals surface area contributed by atoms with Crippen molar-refractivity contribution < 1.29 is 14.7 Å². The van der Waals surface area contributed by atoms with Crippen LogP contribution < -0.4 is 10.2 Å². The number of fused-ring (bicyclic) bond motifs is 1. The quantitative estimate of drug-likeness (QED) is 0.807. The smallest absolute Gasteiger partial charge is 0.305 e. The molecule has 0 fully saturated rings. The van der Waals surface area contributed by atoms with Crippen LogP contribution in [0, 0.1) is 6.92 Å². The molecule has 1 amide bonds. The van der Waals surface area contributed by atoms with Crippen LogP contribution in [0.1, 0.15) is 12.0 Å². The maximum Gasteiger partial charge on any atom is 0.305 e. The molecule has 0 saturated heterocycles. The molecule has 0 spiro atoms. The minimum absolute atomic E-state index is 0.212. The van der Waals surface area contributed by atoms with Crippen molar-refractivity contribution in [2.24, 2.45) is 0 Å². The van der Waals surface area contributed by atoms with E-state index in [1.54, 1.807) is 7.05 Å². The van der Waals surface area contributed by atoms with E-state index >= 15 is 0 Å². The van der Waals surface area contributed by atoms with Crippen LogP contribution in [-0.4, -0.2) is 30.1 Å². The van der Waals surface area contributed by atoms with Crippen molar-refractivity contribution in [1.82, 2.24) is 0 Å². The number of aryl methyl sites for hydroxylation is 1. The number of nitrogens with zero attached hydrogens (tertiary/aromatic N) is 1. The molecule has 5 nitrogen and oxygen atoms in total. The largest absolute Gasteiger partial charge is 0.481 e. The summed E-state index contributed by atoms with van der Waals surface area (Å²) in [5, 5.41) is 11.7. The van der Waals surface area contributed by atoms with Crippen LogP contribution in [0.4, 0.5) is 11.4 Å².